The van der Waals surface area contributed by atoms with Gasteiger partial charge in [-0.25, -0.2) is 0 Å². The summed E-state index contributed by atoms with van der Waals surface area (Å²) in [4.78, 5) is 13.3. The van der Waals surface area contributed by atoms with E-state index in [-0.39, 0.29) is 6.10 Å². The number of nitrogens with zero attached hydrogens (tertiary/aromatic N) is 1. The number of aliphatic carboxylic acids is 1. The number of benzene rings is 1. The van der Waals surface area contributed by atoms with Gasteiger partial charge in [0.15, 0.2) is 0 Å². The number of carboxylic acids is 1. The molecule has 0 radical (unpaired) electrons. The van der Waals surface area contributed by atoms with E-state index in [9.17, 15) is 15.0 Å². The summed E-state index contributed by atoms with van der Waals surface area (Å²) in [5.41, 5.74) is 0.798. The summed E-state index contributed by atoms with van der Waals surface area (Å²) >= 11 is 0. The Morgan fingerprint density at radius 2 is 2.00 bits per heavy atom. The van der Waals surface area contributed by atoms with Gasteiger partial charge in [-0.15, -0.1) is 0 Å². The van der Waals surface area contributed by atoms with E-state index in [2.05, 4.69) is 0 Å². The molecule has 4 nitrogen and oxygen atoms in total. The molecule has 1 aliphatic carbocycles. The first-order chi connectivity index (χ1) is 8.58. The van der Waals surface area contributed by atoms with Crippen LogP contribution in [-0.2, 0) is 4.79 Å². The molecule has 2 N–H and O–H groups in total. The molecule has 1 aromatic rings. The van der Waals surface area contributed by atoms with Crippen LogP contribution in [0.2, 0.25) is 0 Å². The minimum atomic E-state index is -0.830. The van der Waals surface area contributed by atoms with Crippen LogP contribution in [0.15, 0.2) is 30.3 Å². The Morgan fingerprint density at radius 1 is 1.39 bits per heavy atom. The van der Waals surface area contributed by atoms with Crippen molar-refractivity contribution >= 4 is 5.97 Å². The number of hydrogen-bond donors (Lipinski definition) is 2. The van der Waals surface area contributed by atoms with Crippen LogP contribution in [0.3, 0.4) is 0 Å². The first-order valence-corrected chi connectivity index (χ1v) is 6.24. The van der Waals surface area contributed by atoms with Gasteiger partial charge in [-0.1, -0.05) is 30.3 Å². The molecule has 0 aromatic heterocycles. The molecule has 98 valence electrons. The predicted octanol–water partition coefficient (Wildman–Crippen LogP) is 1.52. The Labute approximate surface area is 107 Å². The van der Waals surface area contributed by atoms with Crippen LogP contribution >= 0.6 is 0 Å². The Hall–Kier alpha value is -1.39. The fourth-order valence-corrected chi connectivity index (χ4v) is 2.58. The highest BCUT2D eigenvalue weighted by molar-refractivity contribution is 5.75. The summed E-state index contributed by atoms with van der Waals surface area (Å²) in [5.74, 6) is -0.417. The summed E-state index contributed by atoms with van der Waals surface area (Å²) in [7, 11) is 1.83. The van der Waals surface area contributed by atoms with E-state index in [4.69, 9.17) is 0 Å². The molecule has 1 aliphatic rings. The predicted molar refractivity (Wildman–Crippen MR) is 68.2 cm³/mol. The lowest BCUT2D eigenvalue weighted by atomic mass is 9.82. The smallest absolute Gasteiger partial charge is 0.325 e. The molecule has 18 heavy (non-hydrogen) atoms. The second kappa shape index (κ2) is 5.50. The van der Waals surface area contributed by atoms with Gasteiger partial charge in [0.25, 0.3) is 0 Å². The number of likely N-dealkylation sites (N-methyl/N-ethyl adjacent to an activating group) is 1. The summed E-state index contributed by atoms with van der Waals surface area (Å²) < 4.78 is 0. The molecular weight excluding hydrogens is 230 g/mol. The maximum atomic E-state index is 11.4. The van der Waals surface area contributed by atoms with E-state index in [1.54, 1.807) is 0 Å². The minimum absolute atomic E-state index is 0.191. The summed E-state index contributed by atoms with van der Waals surface area (Å²) in [6, 6.07) is 8.66. The third-order valence-corrected chi connectivity index (χ3v) is 3.55. The monoisotopic (exact) mass is 249 g/mol. The first kappa shape index (κ1) is 13.1. The molecule has 0 bridgehead atoms. The number of aliphatic hydroxyl groups excluding tert-OH is 1. The molecule has 0 saturated heterocycles. The van der Waals surface area contributed by atoms with Gasteiger partial charge >= 0.3 is 5.97 Å². The van der Waals surface area contributed by atoms with Crippen molar-refractivity contribution in [3.05, 3.63) is 35.9 Å². The van der Waals surface area contributed by atoms with Crippen molar-refractivity contribution in [2.45, 2.75) is 25.0 Å². The van der Waals surface area contributed by atoms with Crippen LogP contribution in [0.4, 0.5) is 0 Å². The van der Waals surface area contributed by atoms with E-state index < -0.39 is 12.0 Å². The van der Waals surface area contributed by atoms with E-state index in [1.807, 2.05) is 42.3 Å². The molecule has 0 amide bonds. The van der Waals surface area contributed by atoms with Crippen molar-refractivity contribution in [3.8, 4) is 0 Å². The van der Waals surface area contributed by atoms with Gasteiger partial charge < -0.3 is 10.2 Å². The van der Waals surface area contributed by atoms with Gasteiger partial charge in [-0.05, 0) is 31.4 Å². The van der Waals surface area contributed by atoms with E-state index in [1.165, 1.54) is 0 Å². The van der Waals surface area contributed by atoms with E-state index in [0.717, 1.165) is 18.4 Å². The number of carboxylic acid groups (broad SMARTS) is 1. The van der Waals surface area contributed by atoms with Crippen LogP contribution in [0.5, 0.6) is 0 Å². The third-order valence-electron chi connectivity index (χ3n) is 3.55. The Balaban J connectivity index is 2.03. The van der Waals surface area contributed by atoms with Crippen molar-refractivity contribution in [3.63, 3.8) is 0 Å². The van der Waals surface area contributed by atoms with E-state index >= 15 is 0 Å². The number of hydrogen-bond acceptors (Lipinski definition) is 3. The molecular formula is C14H19NO3. The largest absolute Gasteiger partial charge is 0.480 e. The van der Waals surface area contributed by atoms with E-state index in [0.29, 0.717) is 12.5 Å². The average molecular weight is 249 g/mol. The maximum absolute atomic E-state index is 11.4. The van der Waals surface area contributed by atoms with Crippen LogP contribution < -0.4 is 0 Å². The molecule has 4 heteroatoms. The summed E-state index contributed by atoms with van der Waals surface area (Å²) in [6.45, 7) is 0.711. The first-order valence-electron chi connectivity index (χ1n) is 6.24. The average Bonchev–Trinajstić information content (AvgIpc) is 2.28. The SMILES string of the molecule is CN(CC1CC(O)C1)C(C(=O)O)c1ccccc1. The molecule has 0 spiro atoms. The van der Waals surface area contributed by atoms with Crippen LogP contribution in [0.1, 0.15) is 24.4 Å². The molecule has 0 aliphatic heterocycles. The second-order valence-corrected chi connectivity index (χ2v) is 5.08. The lowest BCUT2D eigenvalue weighted by Crippen LogP contribution is -2.40. The quantitative estimate of drug-likeness (QED) is 0.830. The normalized spacial score (nSPS) is 24.6. The molecule has 2 rings (SSSR count). The molecule has 1 saturated carbocycles. The van der Waals surface area contributed by atoms with Crippen LogP contribution in [0, 0.1) is 5.92 Å². The maximum Gasteiger partial charge on any atom is 0.325 e. The van der Waals surface area contributed by atoms with Gasteiger partial charge in [0.1, 0.15) is 6.04 Å². The number of aliphatic hydroxyl groups is 1. The zero-order valence-corrected chi connectivity index (χ0v) is 10.5. The highest BCUT2D eigenvalue weighted by Gasteiger charge is 2.32. The Kier molecular flexibility index (Phi) is 3.99. The van der Waals surface area contributed by atoms with Gasteiger partial charge in [0, 0.05) is 6.54 Å². The van der Waals surface area contributed by atoms with Crippen LogP contribution in [0.25, 0.3) is 0 Å². The molecule has 0 heterocycles. The highest BCUT2D eigenvalue weighted by Crippen LogP contribution is 2.30. The van der Waals surface area contributed by atoms with Crippen molar-refractivity contribution in [1.82, 2.24) is 4.90 Å². The minimum Gasteiger partial charge on any atom is -0.480 e. The zero-order valence-electron chi connectivity index (χ0n) is 10.5. The lowest BCUT2D eigenvalue weighted by molar-refractivity contribution is -0.143. The summed E-state index contributed by atoms with van der Waals surface area (Å²) in [5, 5.41) is 18.6. The molecule has 1 unspecified atom stereocenters. The Bertz CT molecular complexity index is 401. The summed E-state index contributed by atoms with van der Waals surface area (Å²) in [6.07, 6.45) is 1.38. The highest BCUT2D eigenvalue weighted by atomic mass is 16.4. The molecule has 1 fully saturated rings. The van der Waals surface area contributed by atoms with Gasteiger partial charge in [0.05, 0.1) is 6.10 Å². The van der Waals surface area contributed by atoms with Gasteiger partial charge in [-0.3, -0.25) is 9.69 Å². The molecule has 1 aromatic carbocycles. The lowest BCUT2D eigenvalue weighted by Gasteiger charge is -2.36. The van der Waals surface area contributed by atoms with Crippen molar-refractivity contribution in [2.24, 2.45) is 5.92 Å². The topological polar surface area (TPSA) is 60.8 Å². The fourth-order valence-electron chi connectivity index (χ4n) is 2.58. The van der Waals surface area contributed by atoms with Crippen molar-refractivity contribution in [1.29, 1.82) is 0 Å². The standard InChI is InChI=1S/C14H19NO3/c1-15(9-10-7-12(16)8-10)13(14(17)18)11-5-3-2-4-6-11/h2-6,10,12-13,16H,7-9H2,1H3,(H,17,18). The van der Waals surface area contributed by atoms with Crippen LogP contribution in [-0.4, -0.2) is 40.8 Å². The van der Waals surface area contributed by atoms with Crippen molar-refractivity contribution < 1.29 is 15.0 Å². The third kappa shape index (κ3) is 2.89. The molecule has 1 atom stereocenters. The second-order valence-electron chi connectivity index (χ2n) is 5.08. The van der Waals surface area contributed by atoms with Gasteiger partial charge in [0.2, 0.25) is 0 Å². The Morgan fingerprint density at radius 3 is 2.50 bits per heavy atom. The fraction of sp³-hybridized carbons (Fsp3) is 0.500. The van der Waals surface area contributed by atoms with Crippen molar-refractivity contribution in [2.75, 3.05) is 13.6 Å². The zero-order chi connectivity index (χ0) is 13.1. The van der Waals surface area contributed by atoms with Gasteiger partial charge in [-0.2, -0.15) is 0 Å². The number of rotatable bonds is 5. The number of carbonyl (C=O) groups is 1.